The number of nitrogen functional groups attached to an aromatic ring is 1. The van der Waals surface area contributed by atoms with Crippen LogP contribution in [0.2, 0.25) is 0 Å². The van der Waals surface area contributed by atoms with Gasteiger partial charge in [0.25, 0.3) is 0 Å². The zero-order valence-electron chi connectivity index (χ0n) is 10.6. The molecular weight excluding hydrogens is 310 g/mol. The molecule has 1 aromatic heterocycles. The third kappa shape index (κ3) is 3.78. The van der Waals surface area contributed by atoms with Crippen molar-refractivity contribution in [2.75, 3.05) is 17.7 Å². The van der Waals surface area contributed by atoms with E-state index in [-0.39, 0.29) is 12.0 Å². The lowest BCUT2D eigenvalue weighted by molar-refractivity contribution is 0.312. The van der Waals surface area contributed by atoms with Gasteiger partial charge in [-0.2, -0.15) is 15.0 Å². The summed E-state index contributed by atoms with van der Waals surface area (Å²) in [5, 5.41) is 3.07. The van der Waals surface area contributed by atoms with Crippen molar-refractivity contribution in [3.8, 4) is 6.01 Å². The molecule has 7 heteroatoms. The molecule has 2 rings (SSSR count). The second-order valence-electron chi connectivity index (χ2n) is 3.88. The van der Waals surface area contributed by atoms with Crippen molar-refractivity contribution < 1.29 is 4.74 Å². The van der Waals surface area contributed by atoms with Crippen LogP contribution in [0.4, 0.5) is 17.6 Å². The lowest BCUT2D eigenvalue weighted by Crippen LogP contribution is -2.06. The largest absolute Gasteiger partial charge is 0.464 e. The predicted octanol–water partition coefficient (Wildman–Crippen LogP) is 2.67. The monoisotopic (exact) mass is 323 g/mol. The Kier molecular flexibility index (Phi) is 4.16. The van der Waals surface area contributed by atoms with Gasteiger partial charge >= 0.3 is 6.01 Å². The third-order valence-electron chi connectivity index (χ3n) is 2.20. The number of rotatable bonds is 4. The summed E-state index contributed by atoms with van der Waals surface area (Å²) in [6, 6.07) is 6.13. The maximum atomic E-state index is 5.61. The molecular formula is C12H14BrN5O. The molecule has 0 aliphatic carbocycles. The highest BCUT2D eigenvalue weighted by Crippen LogP contribution is 2.22. The van der Waals surface area contributed by atoms with E-state index in [0.717, 1.165) is 15.7 Å². The van der Waals surface area contributed by atoms with Crippen LogP contribution in [0, 0.1) is 6.92 Å². The molecule has 2 aromatic rings. The molecule has 0 unspecified atom stereocenters. The standard InChI is InChI=1S/C12H14BrN5O/c1-3-19-12-17-10(14)16-11(18-12)15-9-5-7(2)4-8(13)6-9/h4-6H,3H2,1-2H3,(H3,14,15,16,17,18). The maximum Gasteiger partial charge on any atom is 0.323 e. The highest BCUT2D eigenvalue weighted by atomic mass is 79.9. The Labute approximate surface area is 119 Å². The van der Waals surface area contributed by atoms with E-state index in [9.17, 15) is 0 Å². The van der Waals surface area contributed by atoms with Crippen LogP contribution in [0.25, 0.3) is 0 Å². The number of aromatic nitrogens is 3. The molecule has 1 aromatic carbocycles. The van der Waals surface area contributed by atoms with Gasteiger partial charge in [-0.1, -0.05) is 15.9 Å². The molecule has 0 fully saturated rings. The number of hydrogen-bond acceptors (Lipinski definition) is 6. The lowest BCUT2D eigenvalue weighted by atomic mass is 10.2. The fourth-order valence-electron chi connectivity index (χ4n) is 1.56. The number of nitrogens with zero attached hydrogens (tertiary/aromatic N) is 3. The third-order valence-corrected chi connectivity index (χ3v) is 2.66. The molecule has 0 aliphatic heterocycles. The Bertz CT molecular complexity index is 570. The number of nitrogens with one attached hydrogen (secondary N) is 1. The molecule has 0 bridgehead atoms. The minimum absolute atomic E-state index is 0.118. The quantitative estimate of drug-likeness (QED) is 0.899. The molecule has 0 atom stereocenters. The Morgan fingerprint density at radius 1 is 1.26 bits per heavy atom. The lowest BCUT2D eigenvalue weighted by Gasteiger charge is -2.08. The average Bonchev–Trinajstić information content (AvgIpc) is 2.26. The van der Waals surface area contributed by atoms with Crippen molar-refractivity contribution in [3.05, 3.63) is 28.2 Å². The van der Waals surface area contributed by atoms with Gasteiger partial charge in [-0.05, 0) is 37.6 Å². The number of anilines is 3. The summed E-state index contributed by atoms with van der Waals surface area (Å²) >= 11 is 3.44. The van der Waals surface area contributed by atoms with E-state index in [1.807, 2.05) is 32.0 Å². The van der Waals surface area contributed by atoms with Crippen LogP contribution < -0.4 is 15.8 Å². The fourth-order valence-corrected chi connectivity index (χ4v) is 2.17. The van der Waals surface area contributed by atoms with Crippen LogP contribution in [-0.2, 0) is 0 Å². The maximum absolute atomic E-state index is 5.61. The van der Waals surface area contributed by atoms with Crippen LogP contribution in [0.1, 0.15) is 12.5 Å². The number of nitrogens with two attached hydrogens (primary N) is 1. The SMILES string of the molecule is CCOc1nc(N)nc(Nc2cc(C)cc(Br)c2)n1. The van der Waals surface area contributed by atoms with Gasteiger partial charge in [-0.3, -0.25) is 0 Å². The minimum Gasteiger partial charge on any atom is -0.464 e. The van der Waals surface area contributed by atoms with Crippen LogP contribution in [-0.4, -0.2) is 21.6 Å². The molecule has 0 saturated carbocycles. The summed E-state index contributed by atoms with van der Waals surface area (Å²) in [7, 11) is 0. The van der Waals surface area contributed by atoms with Crippen LogP contribution in [0.15, 0.2) is 22.7 Å². The number of hydrogen-bond donors (Lipinski definition) is 2. The van der Waals surface area contributed by atoms with E-state index in [1.165, 1.54) is 0 Å². The molecule has 1 heterocycles. The minimum atomic E-state index is 0.118. The van der Waals surface area contributed by atoms with Gasteiger partial charge in [0.05, 0.1) is 6.61 Å². The highest BCUT2D eigenvalue weighted by molar-refractivity contribution is 9.10. The number of aryl methyl sites for hydroxylation is 1. The van der Waals surface area contributed by atoms with Crippen LogP contribution in [0.5, 0.6) is 6.01 Å². The topological polar surface area (TPSA) is 86.0 Å². The van der Waals surface area contributed by atoms with Crippen LogP contribution in [0.3, 0.4) is 0 Å². The summed E-state index contributed by atoms with van der Waals surface area (Å²) in [5.41, 5.74) is 7.59. The fraction of sp³-hybridized carbons (Fsp3) is 0.250. The zero-order valence-corrected chi connectivity index (χ0v) is 12.2. The summed E-state index contributed by atoms with van der Waals surface area (Å²) in [5.74, 6) is 0.473. The first-order chi connectivity index (χ1) is 9.06. The highest BCUT2D eigenvalue weighted by Gasteiger charge is 2.06. The molecule has 100 valence electrons. The molecule has 0 radical (unpaired) electrons. The van der Waals surface area contributed by atoms with Gasteiger partial charge in [0.1, 0.15) is 0 Å². The average molecular weight is 324 g/mol. The van der Waals surface area contributed by atoms with Gasteiger partial charge in [-0.15, -0.1) is 0 Å². The Morgan fingerprint density at radius 3 is 2.74 bits per heavy atom. The first-order valence-corrected chi connectivity index (χ1v) is 6.54. The first kappa shape index (κ1) is 13.5. The second kappa shape index (κ2) is 5.83. The van der Waals surface area contributed by atoms with E-state index >= 15 is 0 Å². The van der Waals surface area contributed by atoms with Crippen molar-refractivity contribution >= 4 is 33.5 Å². The second-order valence-corrected chi connectivity index (χ2v) is 4.79. The first-order valence-electron chi connectivity index (χ1n) is 5.75. The van der Waals surface area contributed by atoms with E-state index in [0.29, 0.717) is 12.6 Å². The van der Waals surface area contributed by atoms with E-state index in [4.69, 9.17) is 10.5 Å². The molecule has 3 N–H and O–H groups in total. The molecule has 6 nitrogen and oxygen atoms in total. The van der Waals surface area contributed by atoms with Crippen molar-refractivity contribution in [2.24, 2.45) is 0 Å². The van der Waals surface area contributed by atoms with Gasteiger partial charge in [0, 0.05) is 10.2 Å². The number of halogens is 1. The summed E-state index contributed by atoms with van der Waals surface area (Å²) in [4.78, 5) is 12.0. The molecule has 0 saturated heterocycles. The van der Waals surface area contributed by atoms with E-state index in [1.54, 1.807) is 0 Å². The smallest absolute Gasteiger partial charge is 0.323 e. The van der Waals surface area contributed by atoms with Crippen molar-refractivity contribution in [1.29, 1.82) is 0 Å². The van der Waals surface area contributed by atoms with Gasteiger partial charge in [-0.25, -0.2) is 0 Å². The summed E-state index contributed by atoms with van der Waals surface area (Å²) < 4.78 is 6.20. The molecule has 0 aliphatic rings. The van der Waals surface area contributed by atoms with Gasteiger partial charge in [0.15, 0.2) is 0 Å². The number of benzene rings is 1. The zero-order chi connectivity index (χ0) is 13.8. The molecule has 0 spiro atoms. The molecule has 0 amide bonds. The Morgan fingerprint density at radius 2 is 2.05 bits per heavy atom. The predicted molar refractivity (Wildman–Crippen MR) is 77.6 cm³/mol. The summed E-state index contributed by atoms with van der Waals surface area (Å²) in [6.45, 7) is 4.33. The van der Waals surface area contributed by atoms with E-state index in [2.05, 4.69) is 36.2 Å². The van der Waals surface area contributed by atoms with Crippen molar-refractivity contribution in [2.45, 2.75) is 13.8 Å². The van der Waals surface area contributed by atoms with Gasteiger partial charge in [0.2, 0.25) is 11.9 Å². The summed E-state index contributed by atoms with van der Waals surface area (Å²) in [6.07, 6.45) is 0. The normalized spacial score (nSPS) is 10.3. The Balaban J connectivity index is 2.27. The van der Waals surface area contributed by atoms with Crippen molar-refractivity contribution in [1.82, 2.24) is 15.0 Å². The molecule has 19 heavy (non-hydrogen) atoms. The van der Waals surface area contributed by atoms with Gasteiger partial charge < -0.3 is 15.8 Å². The number of ether oxygens (including phenoxy) is 1. The van der Waals surface area contributed by atoms with Crippen molar-refractivity contribution in [3.63, 3.8) is 0 Å². The Hall–Kier alpha value is -1.89. The van der Waals surface area contributed by atoms with E-state index < -0.39 is 0 Å². The van der Waals surface area contributed by atoms with Crippen LogP contribution >= 0.6 is 15.9 Å².